The summed E-state index contributed by atoms with van der Waals surface area (Å²) >= 11 is 5.51. The Balaban J connectivity index is 2.19. The fraction of sp³-hybridized carbons (Fsp3) is 0.0833. The van der Waals surface area contributed by atoms with Gasteiger partial charge < -0.3 is 14.5 Å². The third kappa shape index (κ3) is 3.67. The number of furan rings is 1. The van der Waals surface area contributed by atoms with Crippen molar-refractivity contribution in [3.63, 3.8) is 0 Å². The third-order valence-electron chi connectivity index (χ3n) is 2.16. The summed E-state index contributed by atoms with van der Waals surface area (Å²) < 4.78 is 45.3. The minimum Gasteiger partial charge on any atom is -0.440 e. The van der Waals surface area contributed by atoms with Gasteiger partial charge in [-0.3, -0.25) is 4.79 Å². The molecule has 2 rings (SSSR count). The fourth-order valence-corrected chi connectivity index (χ4v) is 1.55. The number of hydrogen-bond acceptors (Lipinski definition) is 3. The van der Waals surface area contributed by atoms with Crippen LogP contribution >= 0.6 is 11.6 Å². The topological polar surface area (TPSA) is 51.5 Å². The molecule has 1 aromatic heterocycles. The quantitative estimate of drug-likeness (QED) is 0.929. The molecule has 0 fully saturated rings. The number of rotatable bonds is 3. The number of alkyl halides is 3. The van der Waals surface area contributed by atoms with E-state index in [4.69, 9.17) is 16.0 Å². The SMILES string of the molecule is O=C(Nc1ccccc1OC(F)(F)F)c1ccc(Cl)o1. The van der Waals surface area contributed by atoms with E-state index in [0.29, 0.717) is 0 Å². The molecule has 1 N–H and O–H groups in total. The summed E-state index contributed by atoms with van der Waals surface area (Å²) in [6.07, 6.45) is -4.85. The van der Waals surface area contributed by atoms with Crippen LogP contribution in [-0.2, 0) is 0 Å². The lowest BCUT2D eigenvalue weighted by atomic mass is 10.3. The summed E-state index contributed by atoms with van der Waals surface area (Å²) in [7, 11) is 0. The van der Waals surface area contributed by atoms with Gasteiger partial charge in [-0.25, -0.2) is 0 Å². The van der Waals surface area contributed by atoms with Crippen LogP contribution in [0.15, 0.2) is 40.8 Å². The number of ether oxygens (including phenoxy) is 1. The van der Waals surface area contributed by atoms with E-state index < -0.39 is 18.0 Å². The first kappa shape index (κ1) is 14.3. The third-order valence-corrected chi connectivity index (χ3v) is 2.36. The van der Waals surface area contributed by atoms with E-state index in [-0.39, 0.29) is 16.7 Å². The molecule has 4 nitrogen and oxygen atoms in total. The number of carbonyl (C=O) groups excluding carboxylic acids is 1. The van der Waals surface area contributed by atoms with Gasteiger partial charge in [-0.05, 0) is 35.9 Å². The highest BCUT2D eigenvalue weighted by atomic mass is 35.5. The number of anilines is 1. The molecule has 0 saturated heterocycles. The average molecular weight is 306 g/mol. The highest BCUT2D eigenvalue weighted by Crippen LogP contribution is 2.30. The van der Waals surface area contributed by atoms with E-state index in [9.17, 15) is 18.0 Å². The molecule has 0 spiro atoms. The van der Waals surface area contributed by atoms with Crippen LogP contribution in [0.4, 0.5) is 18.9 Å². The van der Waals surface area contributed by atoms with Gasteiger partial charge >= 0.3 is 6.36 Å². The van der Waals surface area contributed by atoms with Crippen molar-refractivity contribution in [2.45, 2.75) is 6.36 Å². The monoisotopic (exact) mass is 305 g/mol. The van der Waals surface area contributed by atoms with E-state index in [2.05, 4.69) is 10.1 Å². The zero-order valence-electron chi connectivity index (χ0n) is 9.70. The Hall–Kier alpha value is -2.15. The van der Waals surface area contributed by atoms with Crippen LogP contribution in [0.25, 0.3) is 0 Å². The predicted octanol–water partition coefficient (Wildman–Crippen LogP) is 4.08. The number of amides is 1. The second-order valence-electron chi connectivity index (χ2n) is 3.60. The maximum Gasteiger partial charge on any atom is 0.573 e. The van der Waals surface area contributed by atoms with Gasteiger partial charge in [-0.15, -0.1) is 13.2 Å². The summed E-state index contributed by atoms with van der Waals surface area (Å²) in [6.45, 7) is 0. The highest BCUT2D eigenvalue weighted by molar-refractivity contribution is 6.29. The summed E-state index contributed by atoms with van der Waals surface area (Å²) in [5.41, 5.74) is -0.137. The maximum atomic E-state index is 12.2. The molecule has 0 atom stereocenters. The largest absolute Gasteiger partial charge is 0.573 e. The average Bonchev–Trinajstić information content (AvgIpc) is 2.77. The highest BCUT2D eigenvalue weighted by Gasteiger charge is 2.32. The van der Waals surface area contributed by atoms with Crippen molar-refractivity contribution in [3.8, 4) is 5.75 Å². The van der Waals surface area contributed by atoms with Crippen LogP contribution in [-0.4, -0.2) is 12.3 Å². The Bertz CT molecular complexity index is 624. The van der Waals surface area contributed by atoms with Crippen molar-refractivity contribution in [2.24, 2.45) is 0 Å². The summed E-state index contributed by atoms with van der Waals surface area (Å²) in [6, 6.07) is 7.79. The first-order valence-corrected chi connectivity index (χ1v) is 5.64. The van der Waals surface area contributed by atoms with E-state index in [1.165, 1.54) is 30.3 Å². The van der Waals surface area contributed by atoms with Crippen molar-refractivity contribution >= 4 is 23.2 Å². The first-order valence-electron chi connectivity index (χ1n) is 5.26. The summed E-state index contributed by atoms with van der Waals surface area (Å²) in [4.78, 5) is 11.7. The lowest BCUT2D eigenvalue weighted by Crippen LogP contribution is -2.19. The minimum atomic E-state index is -4.85. The number of halogens is 4. The van der Waals surface area contributed by atoms with Gasteiger partial charge in [0.25, 0.3) is 5.91 Å². The zero-order chi connectivity index (χ0) is 14.8. The predicted molar refractivity (Wildman–Crippen MR) is 64.8 cm³/mol. The van der Waals surface area contributed by atoms with Crippen LogP contribution in [0.1, 0.15) is 10.6 Å². The summed E-state index contributed by atoms with van der Waals surface area (Å²) in [5.74, 6) is -1.39. The van der Waals surface area contributed by atoms with Gasteiger partial charge in [0.2, 0.25) is 0 Å². The number of hydrogen-bond donors (Lipinski definition) is 1. The fourth-order valence-electron chi connectivity index (χ4n) is 1.40. The molecule has 1 aromatic carbocycles. The van der Waals surface area contributed by atoms with Gasteiger partial charge in [0.05, 0.1) is 5.69 Å². The van der Waals surface area contributed by atoms with E-state index in [1.807, 2.05) is 0 Å². The summed E-state index contributed by atoms with van der Waals surface area (Å²) in [5, 5.41) is 2.24. The molecule has 0 aliphatic rings. The van der Waals surface area contributed by atoms with Crippen molar-refractivity contribution in [1.82, 2.24) is 0 Å². The molecule has 0 aliphatic heterocycles. The first-order chi connectivity index (χ1) is 9.35. The van der Waals surface area contributed by atoms with Crippen LogP contribution in [0.3, 0.4) is 0 Å². The van der Waals surface area contributed by atoms with E-state index in [0.717, 1.165) is 6.07 Å². The van der Waals surface area contributed by atoms with Crippen LogP contribution in [0, 0.1) is 0 Å². The second kappa shape index (κ2) is 5.46. The molecule has 0 saturated carbocycles. The molecule has 8 heteroatoms. The lowest BCUT2D eigenvalue weighted by Gasteiger charge is -2.13. The lowest BCUT2D eigenvalue weighted by molar-refractivity contribution is -0.274. The van der Waals surface area contributed by atoms with Gasteiger partial charge in [0, 0.05) is 0 Å². The minimum absolute atomic E-state index is 0.00465. The molecular weight excluding hydrogens is 299 g/mol. The Morgan fingerprint density at radius 2 is 1.90 bits per heavy atom. The Morgan fingerprint density at radius 3 is 2.50 bits per heavy atom. The molecule has 0 aliphatic carbocycles. The normalized spacial score (nSPS) is 11.2. The van der Waals surface area contributed by atoms with Crippen molar-refractivity contribution in [1.29, 1.82) is 0 Å². The van der Waals surface area contributed by atoms with Gasteiger partial charge in [0.1, 0.15) is 0 Å². The van der Waals surface area contributed by atoms with Crippen molar-refractivity contribution in [2.75, 3.05) is 5.32 Å². The van der Waals surface area contributed by atoms with Crippen LogP contribution in [0.5, 0.6) is 5.75 Å². The molecule has 106 valence electrons. The zero-order valence-corrected chi connectivity index (χ0v) is 10.5. The standard InChI is InChI=1S/C12H7ClF3NO3/c13-10-6-5-9(19-10)11(18)17-7-3-1-2-4-8(7)20-12(14,15)16/h1-6H,(H,17,18). The number of carbonyl (C=O) groups is 1. The molecule has 20 heavy (non-hydrogen) atoms. The van der Waals surface area contributed by atoms with Gasteiger partial charge in [0.15, 0.2) is 16.7 Å². The Labute approximate surface area is 116 Å². The van der Waals surface area contributed by atoms with Crippen LogP contribution in [0.2, 0.25) is 5.22 Å². The Kier molecular flexibility index (Phi) is 3.89. The Morgan fingerprint density at radius 1 is 1.20 bits per heavy atom. The number of benzene rings is 1. The molecule has 1 heterocycles. The second-order valence-corrected chi connectivity index (χ2v) is 3.97. The number of nitrogens with one attached hydrogen (secondary N) is 1. The molecular formula is C12H7ClF3NO3. The van der Waals surface area contributed by atoms with Crippen LogP contribution < -0.4 is 10.1 Å². The molecule has 1 amide bonds. The van der Waals surface area contributed by atoms with E-state index in [1.54, 1.807) is 0 Å². The number of para-hydroxylation sites is 2. The van der Waals surface area contributed by atoms with Crippen molar-refractivity contribution < 1.29 is 27.1 Å². The maximum absolute atomic E-state index is 12.2. The molecule has 0 radical (unpaired) electrons. The van der Waals surface area contributed by atoms with Crippen molar-refractivity contribution in [3.05, 3.63) is 47.4 Å². The molecule has 0 bridgehead atoms. The molecule has 0 unspecified atom stereocenters. The van der Waals surface area contributed by atoms with E-state index >= 15 is 0 Å². The van der Waals surface area contributed by atoms with Gasteiger partial charge in [-0.2, -0.15) is 0 Å². The molecule has 2 aromatic rings. The smallest absolute Gasteiger partial charge is 0.440 e. The van der Waals surface area contributed by atoms with Gasteiger partial charge in [-0.1, -0.05) is 12.1 Å².